The van der Waals surface area contributed by atoms with Gasteiger partial charge in [-0.25, -0.2) is 8.42 Å². The number of benzene rings is 2. The van der Waals surface area contributed by atoms with Crippen molar-refractivity contribution < 1.29 is 8.42 Å². The van der Waals surface area contributed by atoms with E-state index in [9.17, 15) is 8.42 Å². The molecule has 0 amide bonds. The van der Waals surface area contributed by atoms with Crippen molar-refractivity contribution in [3.8, 4) is 0 Å². The van der Waals surface area contributed by atoms with Crippen molar-refractivity contribution in [2.24, 2.45) is 0 Å². The second-order valence-corrected chi connectivity index (χ2v) is 7.07. The molecule has 0 bridgehead atoms. The van der Waals surface area contributed by atoms with E-state index in [0.717, 1.165) is 15.6 Å². The van der Waals surface area contributed by atoms with Crippen LogP contribution in [0.1, 0.15) is 11.1 Å². The Morgan fingerprint density at radius 2 is 1.55 bits per heavy atom. The summed E-state index contributed by atoms with van der Waals surface area (Å²) in [6, 6.07) is 9.66. The molecule has 0 fully saturated rings. The second-order valence-electron chi connectivity index (χ2n) is 4.60. The molecular weight excluding hydrogens is 340 g/mol. The largest absolute Gasteiger partial charge is 0.399 e. The lowest BCUT2D eigenvalue weighted by molar-refractivity contribution is 0.601. The Hall–Kier alpha value is -1.53. The lowest BCUT2D eigenvalue weighted by atomic mass is 10.1. The summed E-state index contributed by atoms with van der Waals surface area (Å²) in [5.74, 6) is 0. The standard InChI is InChI=1S/C14H15BrN2O2S/c1-9-7-12(8-10(2)14(9)15)17-20(18,19)13-5-3-11(16)4-6-13/h3-8,17H,16H2,1-2H3. The first-order valence-corrected chi connectivity index (χ1v) is 8.22. The SMILES string of the molecule is Cc1cc(NS(=O)(=O)c2ccc(N)cc2)cc(C)c1Br. The van der Waals surface area contributed by atoms with Gasteiger partial charge in [-0.15, -0.1) is 0 Å². The summed E-state index contributed by atoms with van der Waals surface area (Å²) < 4.78 is 28.1. The number of halogens is 1. The topological polar surface area (TPSA) is 72.2 Å². The zero-order valence-electron chi connectivity index (χ0n) is 11.1. The van der Waals surface area contributed by atoms with Crippen LogP contribution in [0.15, 0.2) is 45.8 Å². The molecule has 20 heavy (non-hydrogen) atoms. The van der Waals surface area contributed by atoms with Gasteiger partial charge in [-0.2, -0.15) is 0 Å². The lowest BCUT2D eigenvalue weighted by Crippen LogP contribution is -2.13. The molecule has 0 aliphatic rings. The Bertz CT molecular complexity index is 717. The van der Waals surface area contributed by atoms with E-state index in [1.165, 1.54) is 12.1 Å². The summed E-state index contributed by atoms with van der Waals surface area (Å²) in [4.78, 5) is 0.185. The number of nitrogen functional groups attached to an aromatic ring is 1. The van der Waals surface area contributed by atoms with Crippen LogP contribution >= 0.6 is 15.9 Å². The van der Waals surface area contributed by atoms with E-state index in [4.69, 9.17) is 5.73 Å². The predicted octanol–water partition coefficient (Wildman–Crippen LogP) is 3.45. The highest BCUT2D eigenvalue weighted by atomic mass is 79.9. The van der Waals surface area contributed by atoms with Crippen molar-refractivity contribution in [2.45, 2.75) is 18.7 Å². The van der Waals surface area contributed by atoms with Crippen molar-refractivity contribution in [1.82, 2.24) is 0 Å². The third-order valence-electron chi connectivity index (χ3n) is 2.88. The molecule has 0 aliphatic heterocycles. The quantitative estimate of drug-likeness (QED) is 0.829. The molecule has 0 atom stereocenters. The number of sulfonamides is 1. The van der Waals surface area contributed by atoms with Crippen molar-refractivity contribution in [3.63, 3.8) is 0 Å². The average molecular weight is 355 g/mol. The third-order valence-corrected chi connectivity index (χ3v) is 5.53. The number of rotatable bonds is 3. The van der Waals surface area contributed by atoms with E-state index in [0.29, 0.717) is 11.4 Å². The molecule has 0 unspecified atom stereocenters. The summed E-state index contributed by atoms with van der Waals surface area (Å²) in [5, 5.41) is 0. The zero-order valence-corrected chi connectivity index (χ0v) is 13.5. The molecule has 106 valence electrons. The Morgan fingerprint density at radius 1 is 1.05 bits per heavy atom. The van der Waals surface area contributed by atoms with Crippen molar-refractivity contribution >= 4 is 37.3 Å². The van der Waals surface area contributed by atoms with Gasteiger partial charge < -0.3 is 5.73 Å². The van der Waals surface area contributed by atoms with Gasteiger partial charge in [0, 0.05) is 15.8 Å². The molecule has 0 saturated carbocycles. The molecular formula is C14H15BrN2O2S. The molecule has 2 rings (SSSR count). The van der Waals surface area contributed by atoms with Gasteiger partial charge >= 0.3 is 0 Å². The molecule has 3 N–H and O–H groups in total. The number of hydrogen-bond donors (Lipinski definition) is 2. The van der Waals surface area contributed by atoms with Crippen LogP contribution in [-0.2, 0) is 10.0 Å². The number of nitrogens with two attached hydrogens (primary N) is 1. The molecule has 2 aromatic carbocycles. The normalized spacial score (nSPS) is 11.3. The number of anilines is 2. The minimum absolute atomic E-state index is 0.185. The van der Waals surface area contributed by atoms with E-state index in [1.54, 1.807) is 24.3 Å². The molecule has 6 heteroatoms. The second kappa shape index (κ2) is 5.46. The summed E-state index contributed by atoms with van der Waals surface area (Å²) in [6.45, 7) is 3.83. The van der Waals surface area contributed by atoms with Crippen LogP contribution in [0.4, 0.5) is 11.4 Å². The van der Waals surface area contributed by atoms with Crippen molar-refractivity contribution in [1.29, 1.82) is 0 Å². The molecule has 4 nitrogen and oxygen atoms in total. The molecule has 0 aliphatic carbocycles. The maximum atomic E-state index is 12.3. The van der Waals surface area contributed by atoms with E-state index >= 15 is 0 Å². The molecule has 0 heterocycles. The van der Waals surface area contributed by atoms with Crippen LogP contribution in [0, 0.1) is 13.8 Å². The van der Waals surface area contributed by atoms with Crippen LogP contribution in [0.3, 0.4) is 0 Å². The van der Waals surface area contributed by atoms with Crippen LogP contribution in [0.5, 0.6) is 0 Å². The van der Waals surface area contributed by atoms with Gasteiger partial charge in [0.2, 0.25) is 0 Å². The number of aryl methyl sites for hydroxylation is 2. The highest BCUT2D eigenvalue weighted by molar-refractivity contribution is 9.10. The van der Waals surface area contributed by atoms with E-state index in [1.807, 2.05) is 13.8 Å². The highest BCUT2D eigenvalue weighted by Crippen LogP contribution is 2.26. The fraction of sp³-hybridized carbons (Fsp3) is 0.143. The first-order chi connectivity index (χ1) is 9.29. The van der Waals surface area contributed by atoms with Crippen LogP contribution in [0.25, 0.3) is 0 Å². The van der Waals surface area contributed by atoms with Gasteiger partial charge in [0.25, 0.3) is 10.0 Å². The van der Waals surface area contributed by atoms with E-state index in [-0.39, 0.29) is 4.90 Å². The van der Waals surface area contributed by atoms with Gasteiger partial charge in [0.15, 0.2) is 0 Å². The van der Waals surface area contributed by atoms with Crippen molar-refractivity contribution in [2.75, 3.05) is 10.5 Å². The molecule has 0 radical (unpaired) electrons. The Morgan fingerprint density at radius 3 is 2.05 bits per heavy atom. The minimum Gasteiger partial charge on any atom is -0.399 e. The van der Waals surface area contributed by atoms with Crippen LogP contribution < -0.4 is 10.5 Å². The smallest absolute Gasteiger partial charge is 0.261 e. The fourth-order valence-electron chi connectivity index (χ4n) is 1.87. The van der Waals surface area contributed by atoms with Gasteiger partial charge in [-0.3, -0.25) is 4.72 Å². The fourth-order valence-corrected chi connectivity index (χ4v) is 3.14. The predicted molar refractivity (Wildman–Crippen MR) is 85.3 cm³/mol. The van der Waals surface area contributed by atoms with Crippen molar-refractivity contribution in [3.05, 3.63) is 52.0 Å². The Labute approximate surface area is 127 Å². The van der Waals surface area contributed by atoms with Gasteiger partial charge in [-0.1, -0.05) is 15.9 Å². The van der Waals surface area contributed by atoms with Gasteiger partial charge in [-0.05, 0) is 61.4 Å². The first kappa shape index (κ1) is 14.9. The summed E-state index contributed by atoms with van der Waals surface area (Å²) >= 11 is 3.45. The number of nitrogens with one attached hydrogen (secondary N) is 1. The summed E-state index contributed by atoms with van der Waals surface area (Å²) in [6.07, 6.45) is 0. The Balaban J connectivity index is 2.36. The van der Waals surface area contributed by atoms with Crippen LogP contribution in [0.2, 0.25) is 0 Å². The third kappa shape index (κ3) is 3.13. The summed E-state index contributed by atoms with van der Waals surface area (Å²) in [7, 11) is -3.60. The maximum absolute atomic E-state index is 12.3. The Kier molecular flexibility index (Phi) is 4.06. The first-order valence-electron chi connectivity index (χ1n) is 5.95. The monoisotopic (exact) mass is 354 g/mol. The molecule has 0 spiro atoms. The van der Waals surface area contributed by atoms with E-state index < -0.39 is 10.0 Å². The minimum atomic E-state index is -3.60. The van der Waals surface area contributed by atoms with Crippen LogP contribution in [-0.4, -0.2) is 8.42 Å². The molecule has 2 aromatic rings. The average Bonchev–Trinajstić information content (AvgIpc) is 2.36. The highest BCUT2D eigenvalue weighted by Gasteiger charge is 2.14. The maximum Gasteiger partial charge on any atom is 0.261 e. The molecule has 0 saturated heterocycles. The van der Waals surface area contributed by atoms with E-state index in [2.05, 4.69) is 20.7 Å². The zero-order chi connectivity index (χ0) is 14.9. The van der Waals surface area contributed by atoms with Gasteiger partial charge in [0.05, 0.1) is 4.90 Å². The number of hydrogen-bond acceptors (Lipinski definition) is 3. The lowest BCUT2D eigenvalue weighted by Gasteiger charge is -2.11. The molecule has 0 aromatic heterocycles. The van der Waals surface area contributed by atoms with Gasteiger partial charge in [0.1, 0.15) is 0 Å². The summed E-state index contributed by atoms with van der Waals surface area (Å²) in [5.41, 5.74) is 8.57.